The number of nitrogens with zero attached hydrogens (tertiary/aromatic N) is 6. The first-order valence-corrected chi connectivity index (χ1v) is 13.5. The van der Waals surface area contributed by atoms with Gasteiger partial charge in [0, 0.05) is 43.5 Å². The van der Waals surface area contributed by atoms with Crippen LogP contribution >= 0.6 is 0 Å². The van der Waals surface area contributed by atoms with Crippen molar-refractivity contribution in [1.29, 1.82) is 0 Å². The molecule has 1 atom stereocenters. The second-order valence-electron chi connectivity index (χ2n) is 10.2. The van der Waals surface area contributed by atoms with Crippen molar-refractivity contribution in [3.8, 4) is 11.5 Å². The Hall–Kier alpha value is -4.79. The van der Waals surface area contributed by atoms with Crippen LogP contribution in [0.2, 0.25) is 0 Å². The van der Waals surface area contributed by atoms with Crippen molar-refractivity contribution in [2.24, 2.45) is 7.05 Å². The first kappa shape index (κ1) is 25.5. The number of fused-ring (bicyclic) bond motifs is 2. The summed E-state index contributed by atoms with van der Waals surface area (Å²) in [7, 11) is 1.97. The van der Waals surface area contributed by atoms with E-state index in [1.165, 1.54) is 6.08 Å². The maximum atomic E-state index is 12.3. The van der Waals surface area contributed by atoms with Crippen molar-refractivity contribution in [3.05, 3.63) is 85.1 Å². The third kappa shape index (κ3) is 5.10. The Morgan fingerprint density at radius 1 is 1.07 bits per heavy atom. The molecule has 1 fully saturated rings. The van der Waals surface area contributed by atoms with Gasteiger partial charge in [-0.1, -0.05) is 13.0 Å². The highest BCUT2D eigenvalue weighted by Crippen LogP contribution is 2.32. The highest BCUT2D eigenvalue weighted by Gasteiger charge is 2.23. The fourth-order valence-corrected chi connectivity index (χ4v) is 5.27. The van der Waals surface area contributed by atoms with Gasteiger partial charge in [0.1, 0.15) is 23.3 Å². The average molecular weight is 534 g/mol. The van der Waals surface area contributed by atoms with Gasteiger partial charge in [0.2, 0.25) is 5.91 Å². The van der Waals surface area contributed by atoms with E-state index in [1.54, 1.807) is 12.7 Å². The van der Waals surface area contributed by atoms with Gasteiger partial charge in [-0.05, 0) is 73.9 Å². The molecule has 0 spiro atoms. The van der Waals surface area contributed by atoms with E-state index in [0.29, 0.717) is 17.9 Å². The molecule has 3 aromatic heterocycles. The van der Waals surface area contributed by atoms with Gasteiger partial charge in [-0.25, -0.2) is 19.9 Å². The van der Waals surface area contributed by atoms with Crippen LogP contribution < -0.4 is 10.1 Å². The normalized spacial score (nSPS) is 15.7. The van der Waals surface area contributed by atoms with Crippen LogP contribution in [0, 0.1) is 6.92 Å². The van der Waals surface area contributed by atoms with Crippen molar-refractivity contribution >= 4 is 39.5 Å². The lowest BCUT2D eigenvalue weighted by Gasteiger charge is -2.23. The van der Waals surface area contributed by atoms with Crippen LogP contribution in [0.5, 0.6) is 11.5 Å². The minimum absolute atomic E-state index is 0.0292. The first-order chi connectivity index (χ1) is 19.5. The quantitative estimate of drug-likeness (QED) is 0.266. The van der Waals surface area contributed by atoms with Crippen LogP contribution in [-0.4, -0.2) is 48.4 Å². The number of rotatable bonds is 6. The monoisotopic (exact) mass is 533 g/mol. The predicted molar refractivity (Wildman–Crippen MR) is 156 cm³/mol. The number of hydrogen-bond acceptors (Lipinski definition) is 7. The summed E-state index contributed by atoms with van der Waals surface area (Å²) in [4.78, 5) is 32.5. The van der Waals surface area contributed by atoms with Gasteiger partial charge in [-0.3, -0.25) is 4.79 Å². The molecule has 1 amide bonds. The lowest BCUT2D eigenvalue weighted by molar-refractivity contribution is -0.126. The molecule has 9 heteroatoms. The lowest BCUT2D eigenvalue weighted by atomic mass is 9.98. The van der Waals surface area contributed by atoms with Crippen molar-refractivity contribution in [2.75, 3.05) is 18.4 Å². The molecule has 0 aliphatic carbocycles. The van der Waals surface area contributed by atoms with Gasteiger partial charge < -0.3 is 19.5 Å². The zero-order chi connectivity index (χ0) is 27.6. The van der Waals surface area contributed by atoms with Gasteiger partial charge in [-0.15, -0.1) is 0 Å². The summed E-state index contributed by atoms with van der Waals surface area (Å²) < 4.78 is 8.16. The Morgan fingerprint density at radius 3 is 2.83 bits per heavy atom. The number of amides is 1. The van der Waals surface area contributed by atoms with Crippen molar-refractivity contribution in [3.63, 3.8) is 0 Å². The lowest BCUT2D eigenvalue weighted by Crippen LogP contribution is -2.32. The van der Waals surface area contributed by atoms with Gasteiger partial charge >= 0.3 is 0 Å². The smallest absolute Gasteiger partial charge is 0.245 e. The topological polar surface area (TPSA) is 98.1 Å². The number of ether oxygens (including phenoxy) is 1. The Bertz CT molecular complexity index is 1730. The molecule has 5 aromatic rings. The average Bonchev–Trinajstić information content (AvgIpc) is 3.16. The Balaban J connectivity index is 1.24. The molecular weight excluding hydrogens is 502 g/mol. The SMILES string of the molecule is C=CC(=O)N1CCCC[C@H](c2ccc3ncnc(Nc4ccc(Oc5ccc6c(c5)ncn6C)c(C)c4)c3n2)C1. The number of carbonyl (C=O) groups is 1. The van der Waals surface area contributed by atoms with E-state index in [9.17, 15) is 4.79 Å². The summed E-state index contributed by atoms with van der Waals surface area (Å²) in [6, 6.07) is 15.8. The van der Waals surface area contributed by atoms with Gasteiger partial charge in [0.25, 0.3) is 0 Å². The number of anilines is 2. The summed E-state index contributed by atoms with van der Waals surface area (Å²) in [5.74, 6) is 2.25. The molecule has 40 heavy (non-hydrogen) atoms. The molecule has 0 bridgehead atoms. The maximum absolute atomic E-state index is 12.3. The van der Waals surface area contributed by atoms with E-state index in [-0.39, 0.29) is 11.8 Å². The molecule has 1 N–H and O–H groups in total. The zero-order valence-corrected chi connectivity index (χ0v) is 22.7. The van der Waals surface area contributed by atoms with E-state index in [2.05, 4.69) is 26.8 Å². The standard InChI is InChI=1S/C31H31N7O2/c1-4-29(39)38-14-6-5-7-21(17-38)24-10-11-25-30(36-24)31(33-18-32-25)35-22-8-13-28(20(2)15-22)40-23-9-12-27-26(16-23)34-19-37(27)3/h4,8-13,15-16,18-19,21H,1,5-7,14,17H2,2-3H3,(H,32,33,35)/t21-/m0/s1. The third-order valence-electron chi connectivity index (χ3n) is 7.44. The number of carbonyl (C=O) groups excluding carboxylic acids is 1. The number of aromatic nitrogens is 5. The molecule has 1 saturated heterocycles. The molecule has 1 aliphatic rings. The van der Waals surface area contributed by atoms with Crippen LogP contribution in [0.25, 0.3) is 22.1 Å². The molecular formula is C31H31N7O2. The largest absolute Gasteiger partial charge is 0.457 e. The fraction of sp³-hybridized carbons (Fsp3) is 0.258. The number of likely N-dealkylation sites (tertiary alicyclic amines) is 1. The summed E-state index contributed by atoms with van der Waals surface area (Å²) in [5, 5.41) is 3.42. The van der Waals surface area contributed by atoms with Gasteiger partial charge in [0.15, 0.2) is 5.82 Å². The summed E-state index contributed by atoms with van der Waals surface area (Å²) in [6.45, 7) is 7.05. The first-order valence-electron chi connectivity index (χ1n) is 13.5. The molecule has 0 saturated carbocycles. The van der Waals surface area contributed by atoms with Crippen LogP contribution in [0.4, 0.5) is 11.5 Å². The number of imidazole rings is 1. The maximum Gasteiger partial charge on any atom is 0.245 e. The Labute approximate surface area is 232 Å². The van der Waals surface area contributed by atoms with Crippen molar-refractivity contribution in [2.45, 2.75) is 32.1 Å². The predicted octanol–water partition coefficient (Wildman–Crippen LogP) is 6.04. The van der Waals surface area contributed by atoms with Crippen molar-refractivity contribution in [1.82, 2.24) is 29.4 Å². The van der Waals surface area contributed by atoms with E-state index in [4.69, 9.17) is 9.72 Å². The molecule has 0 unspecified atom stereocenters. The molecule has 6 rings (SSSR count). The Morgan fingerprint density at radius 2 is 1.98 bits per heavy atom. The van der Waals surface area contributed by atoms with Crippen molar-refractivity contribution < 1.29 is 9.53 Å². The number of nitrogens with one attached hydrogen (secondary N) is 1. The summed E-state index contributed by atoms with van der Waals surface area (Å²) in [6.07, 6.45) is 7.73. The minimum Gasteiger partial charge on any atom is -0.457 e. The number of hydrogen-bond donors (Lipinski definition) is 1. The molecule has 4 heterocycles. The van der Waals surface area contributed by atoms with Gasteiger partial charge in [-0.2, -0.15) is 0 Å². The minimum atomic E-state index is -0.0292. The molecule has 9 nitrogen and oxygen atoms in total. The van der Waals surface area contributed by atoms with Crippen LogP contribution in [-0.2, 0) is 11.8 Å². The number of benzene rings is 2. The number of aryl methyl sites for hydroxylation is 2. The highest BCUT2D eigenvalue weighted by atomic mass is 16.5. The van der Waals surface area contributed by atoms with Gasteiger partial charge in [0.05, 0.1) is 22.9 Å². The van der Waals surface area contributed by atoms with Crippen LogP contribution in [0.3, 0.4) is 0 Å². The van der Waals surface area contributed by atoms with E-state index < -0.39 is 0 Å². The van der Waals surface area contributed by atoms with Crippen LogP contribution in [0.1, 0.15) is 36.4 Å². The summed E-state index contributed by atoms with van der Waals surface area (Å²) >= 11 is 0. The summed E-state index contributed by atoms with van der Waals surface area (Å²) in [5.41, 5.74) is 6.20. The van der Waals surface area contributed by atoms with E-state index >= 15 is 0 Å². The van der Waals surface area contributed by atoms with E-state index in [0.717, 1.165) is 70.8 Å². The van der Waals surface area contributed by atoms with Crippen LogP contribution in [0.15, 0.2) is 73.8 Å². The number of pyridine rings is 1. The fourth-order valence-electron chi connectivity index (χ4n) is 5.27. The Kier molecular flexibility index (Phi) is 6.86. The molecule has 0 radical (unpaired) electrons. The highest BCUT2D eigenvalue weighted by molar-refractivity contribution is 5.88. The zero-order valence-electron chi connectivity index (χ0n) is 22.7. The molecule has 1 aliphatic heterocycles. The third-order valence-corrected chi connectivity index (χ3v) is 7.44. The molecule has 2 aromatic carbocycles. The van der Waals surface area contributed by atoms with E-state index in [1.807, 2.05) is 72.0 Å². The second kappa shape index (κ2) is 10.8. The second-order valence-corrected chi connectivity index (χ2v) is 10.2. The molecule has 202 valence electrons.